The molecule has 0 radical (unpaired) electrons. The lowest BCUT2D eigenvalue weighted by atomic mass is 9.97. The molecular weight excluding hydrogens is 322 g/mol. The predicted octanol–water partition coefficient (Wildman–Crippen LogP) is 1.48. The standard InChI is InChI=1S/C18H25N3O4/c1-18(2)16(23)20-14(15(22)21-18)10-6-7-11-19-17(24)25-12-13-8-4-3-5-9-13/h3-5,8-9,14H,6-7,10-12H2,1-2H3,(H,19,24)(H,20,23)(H,21,22). The summed E-state index contributed by atoms with van der Waals surface area (Å²) in [5.74, 6) is -0.348. The molecule has 0 aliphatic carbocycles. The maximum atomic E-state index is 11.9. The monoisotopic (exact) mass is 347 g/mol. The minimum atomic E-state index is -0.863. The summed E-state index contributed by atoms with van der Waals surface area (Å²) < 4.78 is 5.11. The summed E-state index contributed by atoms with van der Waals surface area (Å²) in [5.41, 5.74) is 0.0668. The third kappa shape index (κ3) is 5.77. The maximum Gasteiger partial charge on any atom is 0.407 e. The van der Waals surface area contributed by atoms with Crippen molar-refractivity contribution in [2.45, 2.75) is 51.3 Å². The minimum Gasteiger partial charge on any atom is -0.445 e. The molecule has 1 heterocycles. The van der Waals surface area contributed by atoms with Crippen LogP contribution in [0.5, 0.6) is 0 Å². The van der Waals surface area contributed by atoms with Gasteiger partial charge in [-0.2, -0.15) is 0 Å². The van der Waals surface area contributed by atoms with Gasteiger partial charge in [0, 0.05) is 6.54 Å². The van der Waals surface area contributed by atoms with Crippen LogP contribution in [0, 0.1) is 0 Å². The lowest BCUT2D eigenvalue weighted by Gasteiger charge is -2.34. The zero-order chi connectivity index (χ0) is 18.3. The van der Waals surface area contributed by atoms with Crippen LogP contribution in [0.1, 0.15) is 38.7 Å². The molecule has 1 saturated heterocycles. The molecule has 3 amide bonds. The molecule has 1 unspecified atom stereocenters. The highest BCUT2D eigenvalue weighted by molar-refractivity contribution is 5.99. The number of hydrogen-bond donors (Lipinski definition) is 3. The zero-order valence-electron chi connectivity index (χ0n) is 14.6. The van der Waals surface area contributed by atoms with Crippen molar-refractivity contribution in [2.75, 3.05) is 6.54 Å². The van der Waals surface area contributed by atoms with Crippen molar-refractivity contribution in [3.63, 3.8) is 0 Å². The first-order valence-corrected chi connectivity index (χ1v) is 8.46. The van der Waals surface area contributed by atoms with Crippen molar-refractivity contribution >= 4 is 17.9 Å². The number of rotatable bonds is 7. The van der Waals surface area contributed by atoms with E-state index in [1.165, 1.54) is 0 Å². The highest BCUT2D eigenvalue weighted by Gasteiger charge is 2.38. The van der Waals surface area contributed by atoms with Crippen LogP contribution in [-0.4, -0.2) is 36.0 Å². The Morgan fingerprint density at radius 2 is 1.92 bits per heavy atom. The Bertz CT molecular complexity index is 616. The summed E-state index contributed by atoms with van der Waals surface area (Å²) in [7, 11) is 0. The topological polar surface area (TPSA) is 96.5 Å². The van der Waals surface area contributed by atoms with Gasteiger partial charge in [-0.1, -0.05) is 30.3 Å². The molecule has 7 heteroatoms. The number of carbonyl (C=O) groups is 3. The van der Waals surface area contributed by atoms with Gasteiger partial charge in [0.05, 0.1) is 0 Å². The van der Waals surface area contributed by atoms with Crippen LogP contribution in [0.4, 0.5) is 4.79 Å². The third-order valence-corrected chi connectivity index (χ3v) is 4.03. The van der Waals surface area contributed by atoms with E-state index in [9.17, 15) is 14.4 Å². The van der Waals surface area contributed by atoms with Crippen LogP contribution >= 0.6 is 0 Å². The van der Waals surface area contributed by atoms with Gasteiger partial charge in [0.25, 0.3) is 0 Å². The number of amides is 3. The van der Waals surface area contributed by atoms with E-state index in [1.54, 1.807) is 13.8 Å². The van der Waals surface area contributed by atoms with Crippen LogP contribution in [0.3, 0.4) is 0 Å². The normalized spacial score (nSPS) is 18.9. The third-order valence-electron chi connectivity index (χ3n) is 4.03. The van der Waals surface area contributed by atoms with Crippen molar-refractivity contribution < 1.29 is 19.1 Å². The predicted molar refractivity (Wildman–Crippen MR) is 92.6 cm³/mol. The molecule has 3 N–H and O–H groups in total. The van der Waals surface area contributed by atoms with Crippen LogP contribution in [0.25, 0.3) is 0 Å². The second-order valence-corrected chi connectivity index (χ2v) is 6.62. The molecule has 1 fully saturated rings. The summed E-state index contributed by atoms with van der Waals surface area (Å²) in [4.78, 5) is 35.4. The van der Waals surface area contributed by atoms with E-state index in [2.05, 4.69) is 16.0 Å². The van der Waals surface area contributed by atoms with E-state index in [-0.39, 0.29) is 18.4 Å². The second kappa shape index (κ2) is 8.50. The SMILES string of the molecule is CC1(C)NC(=O)C(CCCCNC(=O)OCc2ccccc2)NC1=O. The van der Waals surface area contributed by atoms with Gasteiger partial charge in [0.15, 0.2) is 0 Å². The van der Waals surface area contributed by atoms with E-state index >= 15 is 0 Å². The van der Waals surface area contributed by atoms with Gasteiger partial charge >= 0.3 is 6.09 Å². The van der Waals surface area contributed by atoms with Gasteiger partial charge in [0.2, 0.25) is 11.8 Å². The van der Waals surface area contributed by atoms with E-state index in [0.717, 1.165) is 5.56 Å². The molecule has 0 aromatic heterocycles. The number of benzene rings is 1. The van der Waals surface area contributed by atoms with Gasteiger partial charge in [-0.05, 0) is 38.7 Å². The zero-order valence-corrected chi connectivity index (χ0v) is 14.6. The first-order valence-electron chi connectivity index (χ1n) is 8.46. The first kappa shape index (κ1) is 18.8. The van der Waals surface area contributed by atoms with Crippen LogP contribution < -0.4 is 16.0 Å². The Morgan fingerprint density at radius 3 is 2.64 bits per heavy atom. The Labute approximate surface area is 147 Å². The highest BCUT2D eigenvalue weighted by atomic mass is 16.5. The van der Waals surface area contributed by atoms with E-state index in [1.807, 2.05) is 30.3 Å². The van der Waals surface area contributed by atoms with Crippen LogP contribution in [0.15, 0.2) is 30.3 Å². The molecule has 25 heavy (non-hydrogen) atoms. The van der Waals surface area contributed by atoms with Crippen molar-refractivity contribution in [3.8, 4) is 0 Å². The van der Waals surface area contributed by atoms with Gasteiger partial charge in [-0.15, -0.1) is 0 Å². The van der Waals surface area contributed by atoms with Gasteiger partial charge in [-0.3, -0.25) is 9.59 Å². The molecule has 1 aliphatic heterocycles. The van der Waals surface area contributed by atoms with E-state index in [4.69, 9.17) is 4.74 Å². The van der Waals surface area contributed by atoms with Gasteiger partial charge < -0.3 is 20.7 Å². The number of alkyl carbamates (subject to hydrolysis) is 1. The van der Waals surface area contributed by atoms with Crippen molar-refractivity contribution in [1.82, 2.24) is 16.0 Å². The number of piperazine rings is 1. The van der Waals surface area contributed by atoms with Gasteiger partial charge in [-0.25, -0.2) is 4.79 Å². The number of unbranched alkanes of at least 4 members (excludes halogenated alkanes) is 1. The fourth-order valence-electron chi connectivity index (χ4n) is 2.50. The summed E-state index contributed by atoms with van der Waals surface area (Å²) in [6.07, 6.45) is 1.48. The summed E-state index contributed by atoms with van der Waals surface area (Å²) >= 11 is 0. The molecule has 7 nitrogen and oxygen atoms in total. The lowest BCUT2D eigenvalue weighted by molar-refractivity contribution is -0.140. The van der Waals surface area contributed by atoms with Crippen LogP contribution in [0.2, 0.25) is 0 Å². The van der Waals surface area contributed by atoms with Crippen molar-refractivity contribution in [3.05, 3.63) is 35.9 Å². The summed E-state index contributed by atoms with van der Waals surface area (Å²) in [5, 5.41) is 8.11. The van der Waals surface area contributed by atoms with Crippen molar-refractivity contribution in [1.29, 1.82) is 0 Å². The Morgan fingerprint density at radius 1 is 1.20 bits per heavy atom. The average Bonchev–Trinajstić information content (AvgIpc) is 2.57. The Kier molecular flexibility index (Phi) is 6.38. The quantitative estimate of drug-likeness (QED) is 0.651. The van der Waals surface area contributed by atoms with Crippen LogP contribution in [-0.2, 0) is 20.9 Å². The maximum absolute atomic E-state index is 11.9. The molecule has 1 aromatic rings. The van der Waals surface area contributed by atoms with E-state index in [0.29, 0.717) is 25.8 Å². The molecule has 1 aliphatic rings. The molecular formula is C18H25N3O4. The van der Waals surface area contributed by atoms with Gasteiger partial charge in [0.1, 0.15) is 18.2 Å². The largest absolute Gasteiger partial charge is 0.445 e. The molecule has 2 rings (SSSR count). The Hall–Kier alpha value is -2.57. The summed E-state index contributed by atoms with van der Waals surface area (Å²) in [6, 6.07) is 8.94. The van der Waals surface area contributed by atoms with Crippen molar-refractivity contribution in [2.24, 2.45) is 0 Å². The minimum absolute atomic E-state index is 0.167. The molecule has 1 atom stereocenters. The fraction of sp³-hybridized carbons (Fsp3) is 0.500. The number of hydrogen-bond acceptors (Lipinski definition) is 4. The number of carbonyl (C=O) groups excluding carboxylic acids is 3. The smallest absolute Gasteiger partial charge is 0.407 e. The molecule has 136 valence electrons. The first-order chi connectivity index (χ1) is 11.9. The number of nitrogens with one attached hydrogen (secondary N) is 3. The fourth-order valence-corrected chi connectivity index (χ4v) is 2.50. The average molecular weight is 347 g/mol. The second-order valence-electron chi connectivity index (χ2n) is 6.62. The molecule has 0 bridgehead atoms. The van der Waals surface area contributed by atoms with E-state index < -0.39 is 17.7 Å². The number of ether oxygens (including phenoxy) is 1. The molecule has 1 aromatic carbocycles. The summed E-state index contributed by atoms with van der Waals surface area (Å²) in [6.45, 7) is 4.03. The molecule has 0 saturated carbocycles. The highest BCUT2D eigenvalue weighted by Crippen LogP contribution is 2.12. The lowest BCUT2D eigenvalue weighted by Crippen LogP contribution is -2.66. The Balaban J connectivity index is 1.58. The molecule has 0 spiro atoms.